The summed E-state index contributed by atoms with van der Waals surface area (Å²) in [4.78, 5) is 1.22. The fourth-order valence-electron chi connectivity index (χ4n) is 3.40. The molecule has 0 saturated carbocycles. The molecule has 0 nitrogen and oxygen atoms in total. The van der Waals surface area contributed by atoms with E-state index in [1.807, 2.05) is 53.7 Å². The normalized spacial score (nSPS) is 11.4. The highest BCUT2D eigenvalue weighted by atomic mass is 35.5. The molecule has 0 atom stereocenters. The molecule has 0 saturated heterocycles. The highest BCUT2D eigenvalue weighted by Crippen LogP contribution is 2.30. The van der Waals surface area contributed by atoms with Gasteiger partial charge < -0.3 is 0 Å². The zero-order chi connectivity index (χ0) is 20.3. The number of benzene rings is 4. The Morgan fingerprint density at radius 3 is 1.14 bits per heavy atom. The highest BCUT2D eigenvalue weighted by molar-refractivity contribution is 8.33. The van der Waals surface area contributed by atoms with Crippen LogP contribution < -0.4 is 15.6 Å². The van der Waals surface area contributed by atoms with Crippen molar-refractivity contribution in [3.63, 3.8) is 0 Å². The van der Waals surface area contributed by atoms with Gasteiger partial charge in [0.15, 0.2) is 0 Å². The summed E-state index contributed by atoms with van der Waals surface area (Å²) in [6, 6.07) is 35.2. The maximum absolute atomic E-state index is 6.23. The van der Waals surface area contributed by atoms with E-state index in [2.05, 4.69) is 60.7 Å². The molecule has 0 aliphatic carbocycles. The van der Waals surface area contributed by atoms with E-state index in [0.29, 0.717) is 0 Å². The van der Waals surface area contributed by atoms with Crippen LogP contribution in [0, 0.1) is 0 Å². The Kier molecular flexibility index (Phi) is 6.38. The zero-order valence-corrected chi connectivity index (χ0v) is 19.4. The zero-order valence-electron chi connectivity index (χ0n) is 15.4. The van der Waals surface area contributed by atoms with Crippen LogP contribution in [0.5, 0.6) is 0 Å². The van der Waals surface area contributed by atoms with Gasteiger partial charge in [-0.3, -0.25) is 0 Å². The summed E-state index contributed by atoms with van der Waals surface area (Å²) in [6.07, 6.45) is 0. The molecule has 0 amide bonds. The minimum absolute atomic E-state index is 0.730. The predicted octanol–water partition coefficient (Wildman–Crippen LogP) is 6.41. The van der Waals surface area contributed by atoms with Crippen molar-refractivity contribution in [3.05, 3.63) is 118 Å². The summed E-state index contributed by atoms with van der Waals surface area (Å²) in [5, 5.41) is 5.98. The number of hydrogen-bond acceptors (Lipinski definition) is 1. The molecule has 0 heterocycles. The molecule has 0 radical (unpaired) electrons. The smallest absolute Gasteiger partial charge is 0.134 e. The lowest BCUT2D eigenvalue weighted by molar-refractivity contribution is 1.48. The standard InChI is InChI=1S/C24H17Cl3SSi/c25-18-6-12-22(13-7-18)29(23-14-8-19(26)9-15-23,24-16-10-20(27)11-17-24)28-21-4-2-1-3-5-21/h1-17H. The van der Waals surface area contributed by atoms with E-state index >= 15 is 0 Å². The molecule has 0 unspecified atom stereocenters. The van der Waals surface area contributed by atoms with Crippen molar-refractivity contribution in [3.8, 4) is 0 Å². The minimum Gasteiger partial charge on any atom is -0.134 e. The third-order valence-corrected chi connectivity index (χ3v) is 13.5. The third kappa shape index (κ3) is 4.42. The Bertz CT molecular complexity index is 969. The Labute approximate surface area is 191 Å². The van der Waals surface area contributed by atoms with Crippen LogP contribution in [-0.4, -0.2) is 7.22 Å². The van der Waals surface area contributed by atoms with Gasteiger partial charge in [-0.2, -0.15) is 0 Å². The van der Waals surface area contributed by atoms with Crippen LogP contribution in [0.4, 0.5) is 0 Å². The van der Waals surface area contributed by atoms with Crippen molar-refractivity contribution >= 4 is 68.8 Å². The van der Waals surface area contributed by atoms with Crippen LogP contribution in [0.2, 0.25) is 15.1 Å². The van der Waals surface area contributed by atoms with Crippen LogP contribution in [0.25, 0.3) is 0 Å². The van der Waals surface area contributed by atoms with Crippen LogP contribution in [0.15, 0.2) is 108 Å². The maximum Gasteiger partial charge on any atom is 0.214 e. The molecule has 29 heavy (non-hydrogen) atoms. The van der Waals surface area contributed by atoms with Crippen molar-refractivity contribution in [1.82, 2.24) is 0 Å². The Morgan fingerprint density at radius 1 is 0.448 bits per heavy atom. The van der Waals surface area contributed by atoms with Gasteiger partial charge in [-0.15, -0.1) is 11.2 Å². The van der Waals surface area contributed by atoms with Crippen LogP contribution in [-0.2, 0) is 0 Å². The Morgan fingerprint density at radius 2 is 0.793 bits per heavy atom. The summed E-state index contributed by atoms with van der Waals surface area (Å²) in [7, 11) is -2.49. The fraction of sp³-hybridized carbons (Fsp3) is 0. The second-order valence-corrected chi connectivity index (χ2v) is 14.1. The van der Waals surface area contributed by atoms with Crippen LogP contribution in [0.3, 0.4) is 0 Å². The highest BCUT2D eigenvalue weighted by Gasteiger charge is 2.41. The van der Waals surface area contributed by atoms with Gasteiger partial charge in [-0.25, -0.2) is 0 Å². The monoisotopic (exact) mass is 470 g/mol. The van der Waals surface area contributed by atoms with E-state index in [1.165, 1.54) is 20.5 Å². The summed E-state index contributed by atoms with van der Waals surface area (Å²) in [5.41, 5.74) is 0. The lowest BCUT2D eigenvalue weighted by Gasteiger charge is -2.33. The van der Waals surface area contributed by atoms with E-state index in [-0.39, 0.29) is 0 Å². The van der Waals surface area contributed by atoms with Crippen LogP contribution in [0.1, 0.15) is 0 Å². The van der Waals surface area contributed by atoms with Gasteiger partial charge in [0.2, 0.25) is 7.22 Å². The molecule has 0 fully saturated rings. The van der Waals surface area contributed by atoms with Crippen molar-refractivity contribution in [2.75, 3.05) is 0 Å². The molecular formula is C24H17Cl3SSi. The molecule has 0 aliphatic heterocycles. The quantitative estimate of drug-likeness (QED) is 0.239. The minimum atomic E-state index is -2.49. The van der Waals surface area contributed by atoms with E-state index in [9.17, 15) is 0 Å². The average molecular weight is 472 g/mol. The lowest BCUT2D eigenvalue weighted by atomic mass is 10.3. The second-order valence-electron chi connectivity index (χ2n) is 6.62. The Hall–Kier alpha value is -1.68. The average Bonchev–Trinajstić information content (AvgIpc) is 2.75. The van der Waals surface area contributed by atoms with Gasteiger partial charge in [0.25, 0.3) is 0 Å². The molecule has 4 aromatic rings. The third-order valence-electron chi connectivity index (χ3n) is 4.77. The first kappa shape index (κ1) is 20.6. The van der Waals surface area contributed by atoms with Gasteiger partial charge in [-0.05, 0) is 64.1 Å². The number of hydrogen-bond donors (Lipinski definition) is 0. The topological polar surface area (TPSA) is 0 Å². The summed E-state index contributed by atoms with van der Waals surface area (Å²) in [6.45, 7) is 0. The van der Waals surface area contributed by atoms with Crippen LogP contribution >= 0.6 is 46.0 Å². The first-order valence-corrected chi connectivity index (χ1v) is 13.8. The van der Waals surface area contributed by atoms with Gasteiger partial charge in [-0.1, -0.05) is 89.4 Å². The van der Waals surface area contributed by atoms with Crippen molar-refractivity contribution in [2.45, 2.75) is 4.90 Å². The summed E-state index contributed by atoms with van der Waals surface area (Å²) in [5.74, 6) is 0. The second kappa shape index (κ2) is 8.99. The van der Waals surface area contributed by atoms with Gasteiger partial charge >= 0.3 is 0 Å². The van der Waals surface area contributed by atoms with Crippen molar-refractivity contribution < 1.29 is 0 Å². The molecule has 4 rings (SSSR count). The van der Waals surface area contributed by atoms with Crippen molar-refractivity contribution in [2.24, 2.45) is 0 Å². The van der Waals surface area contributed by atoms with Gasteiger partial charge in [0, 0.05) is 20.0 Å². The fourth-order valence-corrected chi connectivity index (χ4v) is 11.4. The molecule has 5 heteroatoms. The molecule has 0 spiro atoms. The molecule has 0 bridgehead atoms. The van der Waals surface area contributed by atoms with Crippen molar-refractivity contribution in [1.29, 1.82) is 0 Å². The first-order chi connectivity index (χ1) is 14.1. The molecule has 0 aliphatic rings. The summed E-state index contributed by atoms with van der Waals surface area (Å²) < 4.78 is 0. The number of rotatable bonds is 5. The first-order valence-electron chi connectivity index (χ1n) is 9.10. The van der Waals surface area contributed by atoms with E-state index < -0.39 is 7.22 Å². The number of halogens is 3. The lowest BCUT2D eigenvalue weighted by Crippen LogP contribution is -2.64. The maximum atomic E-state index is 6.23. The summed E-state index contributed by atoms with van der Waals surface area (Å²) >= 11 is 20.6. The van der Waals surface area contributed by atoms with Gasteiger partial charge in [0.1, 0.15) is 0 Å². The molecular weight excluding hydrogens is 455 g/mol. The SMILES string of the molecule is Clc1ccc([Si](Sc2ccccc2)(c2ccc(Cl)cc2)c2ccc(Cl)cc2)cc1. The van der Waals surface area contributed by atoms with E-state index in [1.54, 1.807) is 0 Å². The largest absolute Gasteiger partial charge is 0.214 e. The van der Waals surface area contributed by atoms with Gasteiger partial charge in [0.05, 0.1) is 0 Å². The Balaban J connectivity index is 2.01. The molecule has 4 aromatic carbocycles. The predicted molar refractivity (Wildman–Crippen MR) is 131 cm³/mol. The molecule has 144 valence electrons. The molecule has 0 aromatic heterocycles. The molecule has 0 N–H and O–H groups in total. The van der Waals surface area contributed by atoms with E-state index in [4.69, 9.17) is 34.8 Å². The van der Waals surface area contributed by atoms with E-state index in [0.717, 1.165) is 15.1 Å².